The Labute approximate surface area is 162 Å². The minimum Gasteiger partial charge on any atom is -0.493 e. The van der Waals surface area contributed by atoms with Gasteiger partial charge >= 0.3 is 5.97 Å². The van der Waals surface area contributed by atoms with Crippen LogP contribution in [0.1, 0.15) is 41.2 Å². The van der Waals surface area contributed by atoms with E-state index in [1.807, 2.05) is 12.1 Å². The number of nitrogens with zero attached hydrogens (tertiary/aromatic N) is 2. The number of methoxy groups -OCH3 is 3. The zero-order chi connectivity index (χ0) is 19.8. The Balaban J connectivity index is 1.91. The molecule has 146 valence electrons. The summed E-state index contributed by atoms with van der Waals surface area (Å²) in [6.07, 6.45) is 3.46. The van der Waals surface area contributed by atoms with Gasteiger partial charge in [-0.1, -0.05) is 6.07 Å². The highest BCUT2D eigenvalue weighted by molar-refractivity contribution is 6.01. The molecule has 1 aromatic heterocycles. The molecule has 4 rings (SSSR count). The number of fused-ring (bicyclic) bond motifs is 1. The van der Waals surface area contributed by atoms with E-state index in [1.165, 1.54) is 13.3 Å². The first-order valence-electron chi connectivity index (χ1n) is 9.00. The maximum absolute atomic E-state index is 12.8. The van der Waals surface area contributed by atoms with Crippen molar-refractivity contribution in [3.63, 3.8) is 0 Å². The second-order valence-corrected chi connectivity index (χ2v) is 6.65. The van der Waals surface area contributed by atoms with Crippen LogP contribution in [0.4, 0.5) is 5.82 Å². The van der Waals surface area contributed by atoms with Gasteiger partial charge in [0.15, 0.2) is 17.3 Å². The predicted molar refractivity (Wildman–Crippen MR) is 101 cm³/mol. The number of hydrogen-bond donors (Lipinski definition) is 1. The Hall–Kier alpha value is -3.29. The van der Waals surface area contributed by atoms with Gasteiger partial charge < -0.3 is 19.5 Å². The van der Waals surface area contributed by atoms with Crippen LogP contribution in [0.25, 0.3) is 0 Å². The molecule has 0 saturated carbocycles. The van der Waals surface area contributed by atoms with Crippen LogP contribution in [0.15, 0.2) is 35.7 Å². The fourth-order valence-electron chi connectivity index (χ4n) is 3.85. The monoisotopic (exact) mass is 383 g/mol. The molecule has 1 atom stereocenters. The SMILES string of the molecule is COC(=O)c1cnn2c1NC1=C(C(=O)CCC1)[C@H]2c1ccc(OC)c(OC)c1. The second kappa shape index (κ2) is 7.03. The Bertz CT molecular complexity index is 992. The lowest BCUT2D eigenvalue weighted by atomic mass is 9.85. The Morgan fingerprint density at radius 1 is 1.18 bits per heavy atom. The van der Waals surface area contributed by atoms with E-state index in [4.69, 9.17) is 14.2 Å². The van der Waals surface area contributed by atoms with Gasteiger partial charge in [-0.15, -0.1) is 0 Å². The van der Waals surface area contributed by atoms with Crippen molar-refractivity contribution in [1.82, 2.24) is 9.78 Å². The molecule has 2 aromatic rings. The number of Topliss-reactive ketones (excluding diaryl/α,β-unsaturated/α-hetero) is 1. The topological polar surface area (TPSA) is 91.7 Å². The zero-order valence-corrected chi connectivity index (χ0v) is 15.9. The summed E-state index contributed by atoms with van der Waals surface area (Å²) in [6.45, 7) is 0. The van der Waals surface area contributed by atoms with Gasteiger partial charge in [-0.05, 0) is 30.5 Å². The normalized spacial score (nSPS) is 18.1. The molecule has 0 bridgehead atoms. The number of ether oxygens (including phenoxy) is 3. The van der Waals surface area contributed by atoms with Crippen molar-refractivity contribution in [3.05, 3.63) is 46.8 Å². The molecular weight excluding hydrogens is 362 g/mol. The number of carbonyl (C=O) groups is 2. The summed E-state index contributed by atoms with van der Waals surface area (Å²) in [5.41, 5.74) is 2.65. The van der Waals surface area contributed by atoms with E-state index in [2.05, 4.69) is 10.4 Å². The molecule has 2 heterocycles. The third-order valence-electron chi connectivity index (χ3n) is 5.17. The van der Waals surface area contributed by atoms with Crippen molar-refractivity contribution < 1.29 is 23.8 Å². The van der Waals surface area contributed by atoms with Crippen LogP contribution in [-0.2, 0) is 9.53 Å². The molecule has 0 spiro atoms. The average Bonchev–Trinajstić information content (AvgIpc) is 3.14. The number of nitrogens with one attached hydrogen (secondary N) is 1. The lowest BCUT2D eigenvalue weighted by Crippen LogP contribution is -2.31. The summed E-state index contributed by atoms with van der Waals surface area (Å²) < 4.78 is 17.3. The van der Waals surface area contributed by atoms with Gasteiger partial charge in [0.25, 0.3) is 0 Å². The van der Waals surface area contributed by atoms with Crippen LogP contribution in [-0.4, -0.2) is 42.9 Å². The predicted octanol–water partition coefficient (Wildman–Crippen LogP) is 2.71. The van der Waals surface area contributed by atoms with Gasteiger partial charge in [-0.3, -0.25) is 4.79 Å². The molecule has 0 unspecified atom stereocenters. The van der Waals surface area contributed by atoms with E-state index < -0.39 is 12.0 Å². The fourth-order valence-corrected chi connectivity index (χ4v) is 3.85. The van der Waals surface area contributed by atoms with Crippen LogP contribution in [0, 0.1) is 0 Å². The van der Waals surface area contributed by atoms with E-state index in [0.29, 0.717) is 34.9 Å². The van der Waals surface area contributed by atoms with Crippen molar-refractivity contribution in [1.29, 1.82) is 0 Å². The van der Waals surface area contributed by atoms with Gasteiger partial charge in [0.2, 0.25) is 0 Å². The van der Waals surface area contributed by atoms with E-state index in [1.54, 1.807) is 25.0 Å². The summed E-state index contributed by atoms with van der Waals surface area (Å²) in [4.78, 5) is 25.0. The minimum atomic E-state index is -0.481. The first-order valence-corrected chi connectivity index (χ1v) is 9.00. The van der Waals surface area contributed by atoms with Crippen molar-refractivity contribution >= 4 is 17.6 Å². The number of hydrogen-bond acceptors (Lipinski definition) is 7. The molecule has 2 aliphatic rings. The summed E-state index contributed by atoms with van der Waals surface area (Å²) in [5.74, 6) is 1.28. The summed E-state index contributed by atoms with van der Waals surface area (Å²) >= 11 is 0. The van der Waals surface area contributed by atoms with Crippen LogP contribution in [0.3, 0.4) is 0 Å². The molecule has 1 aromatic carbocycles. The van der Waals surface area contributed by atoms with Crippen LogP contribution in [0.5, 0.6) is 11.5 Å². The maximum atomic E-state index is 12.8. The molecule has 28 heavy (non-hydrogen) atoms. The molecule has 1 N–H and O–H groups in total. The first-order chi connectivity index (χ1) is 13.6. The van der Waals surface area contributed by atoms with Crippen LogP contribution < -0.4 is 14.8 Å². The summed E-state index contributed by atoms with van der Waals surface area (Å²) in [5, 5.41) is 7.65. The molecule has 0 fully saturated rings. The lowest BCUT2D eigenvalue weighted by Gasteiger charge is -2.33. The molecular formula is C20H21N3O5. The number of carbonyl (C=O) groups excluding carboxylic acids is 2. The van der Waals surface area contributed by atoms with Crippen molar-refractivity contribution in [2.24, 2.45) is 0 Å². The highest BCUT2D eigenvalue weighted by Gasteiger charge is 2.38. The second-order valence-electron chi connectivity index (χ2n) is 6.65. The first kappa shape index (κ1) is 18.1. The van der Waals surface area contributed by atoms with Crippen LogP contribution >= 0.6 is 0 Å². The largest absolute Gasteiger partial charge is 0.493 e. The van der Waals surface area contributed by atoms with E-state index in [-0.39, 0.29) is 5.78 Å². The number of esters is 1. The quantitative estimate of drug-likeness (QED) is 0.812. The van der Waals surface area contributed by atoms with Gasteiger partial charge in [0.05, 0.1) is 27.5 Å². The van der Waals surface area contributed by atoms with Crippen molar-refractivity contribution in [2.75, 3.05) is 26.6 Å². The number of aromatic nitrogens is 2. The third-order valence-corrected chi connectivity index (χ3v) is 5.17. The van der Waals surface area contributed by atoms with E-state index in [9.17, 15) is 9.59 Å². The number of ketones is 1. The Morgan fingerprint density at radius 3 is 2.68 bits per heavy atom. The number of rotatable bonds is 4. The van der Waals surface area contributed by atoms with Gasteiger partial charge in [-0.2, -0.15) is 5.10 Å². The molecule has 0 amide bonds. The van der Waals surface area contributed by atoms with Gasteiger partial charge in [0.1, 0.15) is 17.4 Å². The summed E-state index contributed by atoms with van der Waals surface area (Å²) in [6, 6.07) is 5.06. The fraction of sp³-hybridized carbons (Fsp3) is 0.350. The maximum Gasteiger partial charge on any atom is 0.343 e. The van der Waals surface area contributed by atoms with Gasteiger partial charge in [0, 0.05) is 17.7 Å². The Morgan fingerprint density at radius 2 is 1.96 bits per heavy atom. The highest BCUT2D eigenvalue weighted by Crippen LogP contribution is 2.43. The number of anilines is 1. The molecule has 0 saturated heterocycles. The molecule has 0 radical (unpaired) electrons. The van der Waals surface area contributed by atoms with Crippen molar-refractivity contribution in [3.8, 4) is 11.5 Å². The standard InChI is InChI=1S/C20H21N3O5/c1-26-15-8-7-11(9-16(15)27-2)18-17-13(5-4-6-14(17)24)22-19-12(20(25)28-3)10-21-23(18)19/h7-10,18,22H,4-6H2,1-3H3/t18-/m1/s1. The zero-order valence-electron chi connectivity index (χ0n) is 15.9. The highest BCUT2D eigenvalue weighted by atomic mass is 16.5. The Kier molecular flexibility index (Phi) is 4.54. The number of benzene rings is 1. The van der Waals surface area contributed by atoms with Crippen molar-refractivity contribution in [2.45, 2.75) is 25.3 Å². The average molecular weight is 383 g/mol. The van der Waals surface area contributed by atoms with Crippen LogP contribution in [0.2, 0.25) is 0 Å². The smallest absolute Gasteiger partial charge is 0.343 e. The molecule has 1 aliphatic carbocycles. The lowest BCUT2D eigenvalue weighted by molar-refractivity contribution is -0.116. The third kappa shape index (κ3) is 2.72. The van der Waals surface area contributed by atoms with Gasteiger partial charge in [-0.25, -0.2) is 9.48 Å². The minimum absolute atomic E-state index is 0.0781. The van der Waals surface area contributed by atoms with E-state index in [0.717, 1.165) is 24.1 Å². The molecule has 8 heteroatoms. The summed E-state index contributed by atoms with van der Waals surface area (Å²) in [7, 11) is 4.46. The van der Waals surface area contributed by atoms with E-state index >= 15 is 0 Å². The molecule has 8 nitrogen and oxygen atoms in total. The molecule has 1 aliphatic heterocycles. The number of allylic oxidation sites excluding steroid dienone is 2.